The lowest BCUT2D eigenvalue weighted by Gasteiger charge is -2.12. The Balaban J connectivity index is 2.13. The molecule has 0 saturated carbocycles. The molecule has 0 aliphatic rings. The summed E-state index contributed by atoms with van der Waals surface area (Å²) in [5.41, 5.74) is 3.07. The molecule has 0 fully saturated rings. The molecule has 0 aliphatic heterocycles. The summed E-state index contributed by atoms with van der Waals surface area (Å²) in [7, 11) is 0. The lowest BCUT2D eigenvalue weighted by molar-refractivity contribution is 0.0697. The fourth-order valence-corrected chi connectivity index (χ4v) is 2.90. The minimum absolute atomic E-state index is 0.209. The number of fused-ring (bicyclic) bond motifs is 1. The molecule has 0 bridgehead atoms. The second-order valence-corrected chi connectivity index (χ2v) is 5.95. The number of carbonyl (C=O) groups is 1. The summed E-state index contributed by atoms with van der Waals surface area (Å²) in [6.07, 6.45) is 0. The molecule has 0 amide bonds. The van der Waals surface area contributed by atoms with Crippen molar-refractivity contribution in [1.29, 1.82) is 0 Å². The summed E-state index contributed by atoms with van der Waals surface area (Å²) >= 11 is 12.3. The zero-order chi connectivity index (χ0) is 16.6. The van der Waals surface area contributed by atoms with Crippen LogP contribution in [0.25, 0.3) is 10.9 Å². The highest BCUT2D eigenvalue weighted by Crippen LogP contribution is 2.33. The monoisotopic (exact) mass is 346 g/mol. The van der Waals surface area contributed by atoms with Crippen LogP contribution in [-0.4, -0.2) is 16.1 Å². The molecule has 2 N–H and O–H groups in total. The molecule has 2 aromatic carbocycles. The minimum atomic E-state index is -0.976. The van der Waals surface area contributed by atoms with Crippen molar-refractivity contribution in [2.75, 3.05) is 5.32 Å². The normalized spacial score (nSPS) is 10.7. The van der Waals surface area contributed by atoms with Crippen LogP contribution in [-0.2, 0) is 0 Å². The number of hydrogen-bond donors (Lipinski definition) is 2. The third kappa shape index (κ3) is 3.23. The van der Waals surface area contributed by atoms with Crippen LogP contribution in [0.1, 0.15) is 16.1 Å². The number of carboxylic acid groups (broad SMARTS) is 1. The quantitative estimate of drug-likeness (QED) is 0.676. The number of hydrogen-bond acceptors (Lipinski definition) is 3. The lowest BCUT2D eigenvalue weighted by atomic mass is 10.1. The molecule has 116 valence electrons. The highest BCUT2D eigenvalue weighted by atomic mass is 35.5. The van der Waals surface area contributed by atoms with Gasteiger partial charge < -0.3 is 10.4 Å². The molecule has 0 spiro atoms. The van der Waals surface area contributed by atoms with Gasteiger partial charge in [0.1, 0.15) is 0 Å². The van der Waals surface area contributed by atoms with E-state index in [0.717, 1.165) is 16.8 Å². The van der Waals surface area contributed by atoms with Gasteiger partial charge in [-0.1, -0.05) is 29.3 Å². The van der Waals surface area contributed by atoms with E-state index in [0.29, 0.717) is 21.2 Å². The number of carboxylic acids is 1. The predicted octanol–water partition coefficient (Wildman–Crippen LogP) is 5.29. The van der Waals surface area contributed by atoms with Crippen LogP contribution in [0.2, 0.25) is 10.0 Å². The van der Waals surface area contributed by atoms with Crippen molar-refractivity contribution in [2.45, 2.75) is 6.92 Å². The lowest BCUT2D eigenvalue weighted by Crippen LogP contribution is -1.99. The van der Waals surface area contributed by atoms with Gasteiger partial charge in [0.05, 0.1) is 16.1 Å². The van der Waals surface area contributed by atoms with Gasteiger partial charge in [-0.2, -0.15) is 0 Å². The van der Waals surface area contributed by atoms with Crippen molar-refractivity contribution in [1.82, 2.24) is 4.98 Å². The first kappa shape index (κ1) is 15.6. The first-order chi connectivity index (χ1) is 10.9. The number of nitrogens with one attached hydrogen (secondary N) is 1. The van der Waals surface area contributed by atoms with E-state index in [1.54, 1.807) is 30.3 Å². The van der Waals surface area contributed by atoms with Gasteiger partial charge in [0.25, 0.3) is 0 Å². The molecule has 0 unspecified atom stereocenters. The first-order valence-electron chi connectivity index (χ1n) is 6.81. The van der Waals surface area contributed by atoms with Crippen LogP contribution in [0.5, 0.6) is 0 Å². The van der Waals surface area contributed by atoms with Crippen LogP contribution in [0.15, 0.2) is 42.5 Å². The number of benzene rings is 2. The van der Waals surface area contributed by atoms with Crippen molar-refractivity contribution in [3.8, 4) is 0 Å². The Morgan fingerprint density at radius 3 is 2.70 bits per heavy atom. The van der Waals surface area contributed by atoms with E-state index in [4.69, 9.17) is 28.3 Å². The van der Waals surface area contributed by atoms with Crippen molar-refractivity contribution < 1.29 is 9.90 Å². The van der Waals surface area contributed by atoms with Crippen molar-refractivity contribution >= 4 is 51.4 Å². The zero-order valence-corrected chi connectivity index (χ0v) is 13.6. The van der Waals surface area contributed by atoms with E-state index in [9.17, 15) is 4.79 Å². The summed E-state index contributed by atoms with van der Waals surface area (Å²) in [6.45, 7) is 1.86. The molecule has 0 aliphatic carbocycles. The maximum Gasteiger partial charge on any atom is 0.335 e. The fourth-order valence-electron chi connectivity index (χ4n) is 2.37. The first-order valence-corrected chi connectivity index (χ1v) is 7.56. The molecule has 0 radical (unpaired) electrons. The van der Waals surface area contributed by atoms with Crippen LogP contribution in [0, 0.1) is 6.92 Å². The smallest absolute Gasteiger partial charge is 0.335 e. The minimum Gasteiger partial charge on any atom is -0.478 e. The molecule has 23 heavy (non-hydrogen) atoms. The summed E-state index contributed by atoms with van der Waals surface area (Å²) in [5.74, 6) is -0.976. The van der Waals surface area contributed by atoms with E-state index in [1.807, 2.05) is 13.0 Å². The predicted molar refractivity (Wildman–Crippen MR) is 93.2 cm³/mol. The molecule has 0 atom stereocenters. The Bertz CT molecular complexity index is 926. The van der Waals surface area contributed by atoms with Gasteiger partial charge in [-0.25, -0.2) is 4.79 Å². The summed E-state index contributed by atoms with van der Waals surface area (Å²) in [5, 5.41) is 14.1. The Morgan fingerprint density at radius 1 is 1.17 bits per heavy atom. The van der Waals surface area contributed by atoms with Gasteiger partial charge >= 0.3 is 5.97 Å². The van der Waals surface area contributed by atoms with Crippen molar-refractivity contribution in [3.05, 3.63) is 63.8 Å². The fraction of sp³-hybridized carbons (Fsp3) is 0.0588. The number of halogens is 2. The summed E-state index contributed by atoms with van der Waals surface area (Å²) < 4.78 is 0. The Morgan fingerprint density at radius 2 is 1.96 bits per heavy atom. The molecule has 6 heteroatoms. The zero-order valence-electron chi connectivity index (χ0n) is 12.1. The van der Waals surface area contributed by atoms with Crippen LogP contribution < -0.4 is 5.32 Å². The second kappa shape index (κ2) is 6.07. The average molecular weight is 347 g/mol. The van der Waals surface area contributed by atoms with E-state index >= 15 is 0 Å². The Labute approximate surface area is 142 Å². The van der Waals surface area contributed by atoms with Crippen LogP contribution >= 0.6 is 23.2 Å². The number of aryl methyl sites for hydroxylation is 1. The number of aromatic carboxylic acids is 1. The van der Waals surface area contributed by atoms with Gasteiger partial charge in [-0.15, -0.1) is 0 Å². The van der Waals surface area contributed by atoms with E-state index < -0.39 is 5.97 Å². The number of pyridine rings is 1. The standard InChI is InChI=1S/C17H12Cl2N2O2/c1-9-5-15(13-7-11(18)8-14(19)16(13)20-9)21-12-4-2-3-10(6-12)17(22)23/h2-8H,1H3,(H,20,21)(H,22,23). The number of anilines is 2. The SMILES string of the molecule is Cc1cc(Nc2cccc(C(=O)O)c2)c2cc(Cl)cc(Cl)c2n1. The molecular formula is C17H12Cl2N2O2. The van der Waals surface area contributed by atoms with Crippen molar-refractivity contribution in [2.24, 2.45) is 0 Å². The number of nitrogens with zero attached hydrogens (tertiary/aromatic N) is 1. The highest BCUT2D eigenvalue weighted by Gasteiger charge is 2.10. The Kier molecular flexibility index (Phi) is 4.11. The largest absolute Gasteiger partial charge is 0.478 e. The van der Waals surface area contributed by atoms with Gasteiger partial charge in [-0.05, 0) is 43.3 Å². The highest BCUT2D eigenvalue weighted by molar-refractivity contribution is 6.38. The molecule has 4 nitrogen and oxygen atoms in total. The topological polar surface area (TPSA) is 62.2 Å². The molecule has 0 saturated heterocycles. The van der Waals surface area contributed by atoms with E-state index in [1.165, 1.54) is 6.07 Å². The van der Waals surface area contributed by atoms with Gasteiger partial charge in [0.15, 0.2) is 0 Å². The van der Waals surface area contributed by atoms with Gasteiger partial charge in [-0.3, -0.25) is 4.98 Å². The van der Waals surface area contributed by atoms with Crippen LogP contribution in [0.3, 0.4) is 0 Å². The van der Waals surface area contributed by atoms with Gasteiger partial charge in [0.2, 0.25) is 0 Å². The maximum absolute atomic E-state index is 11.1. The van der Waals surface area contributed by atoms with Crippen LogP contribution in [0.4, 0.5) is 11.4 Å². The van der Waals surface area contributed by atoms with E-state index in [2.05, 4.69) is 10.3 Å². The number of aromatic nitrogens is 1. The second-order valence-electron chi connectivity index (χ2n) is 5.11. The molecule has 3 rings (SSSR count). The molecule has 3 aromatic rings. The average Bonchev–Trinajstić information content (AvgIpc) is 2.49. The molecular weight excluding hydrogens is 335 g/mol. The molecule has 1 heterocycles. The van der Waals surface area contributed by atoms with Gasteiger partial charge in [0, 0.05) is 27.5 Å². The number of rotatable bonds is 3. The van der Waals surface area contributed by atoms with Crippen molar-refractivity contribution in [3.63, 3.8) is 0 Å². The third-order valence-electron chi connectivity index (χ3n) is 3.35. The summed E-state index contributed by atoms with van der Waals surface area (Å²) in [6, 6.07) is 11.9. The third-order valence-corrected chi connectivity index (χ3v) is 3.85. The van der Waals surface area contributed by atoms with E-state index in [-0.39, 0.29) is 5.56 Å². The summed E-state index contributed by atoms with van der Waals surface area (Å²) in [4.78, 5) is 15.5. The maximum atomic E-state index is 11.1. The molecule has 1 aromatic heterocycles. The Hall–Kier alpha value is -2.30.